The molecule has 0 unspecified atom stereocenters. The van der Waals surface area contributed by atoms with Crippen LogP contribution in [0.5, 0.6) is 11.6 Å². The lowest BCUT2D eigenvalue weighted by Gasteiger charge is -2.05. The maximum atomic E-state index is 13.4. The second kappa shape index (κ2) is 5.92. The van der Waals surface area contributed by atoms with Crippen LogP contribution in [0.2, 0.25) is 0 Å². The minimum absolute atomic E-state index is 0.114. The van der Waals surface area contributed by atoms with Gasteiger partial charge in [0.2, 0.25) is 5.88 Å². The summed E-state index contributed by atoms with van der Waals surface area (Å²) in [5, 5.41) is 8.47. The molecule has 2 rings (SSSR count). The van der Waals surface area contributed by atoms with Gasteiger partial charge in [-0.2, -0.15) is 0 Å². The van der Waals surface area contributed by atoms with Crippen molar-refractivity contribution in [2.24, 2.45) is 0 Å². The number of aromatic nitrogens is 1. The summed E-state index contributed by atoms with van der Waals surface area (Å²) in [4.78, 5) is 14.2. The van der Waals surface area contributed by atoms with Crippen molar-refractivity contribution < 1.29 is 23.4 Å². The van der Waals surface area contributed by atoms with E-state index < -0.39 is 17.6 Å². The first kappa shape index (κ1) is 13.7. The maximum absolute atomic E-state index is 13.4. The van der Waals surface area contributed by atoms with E-state index in [1.807, 2.05) is 0 Å². The lowest BCUT2D eigenvalue weighted by molar-refractivity contribution is -0.131. The van der Waals surface area contributed by atoms with Gasteiger partial charge in [0.15, 0.2) is 11.6 Å². The average Bonchev–Trinajstić information content (AvgIpc) is 2.41. The Labute approximate surface area is 113 Å². The van der Waals surface area contributed by atoms with Crippen LogP contribution < -0.4 is 4.74 Å². The Morgan fingerprint density at radius 2 is 2.05 bits per heavy atom. The highest BCUT2D eigenvalue weighted by molar-refractivity contribution is 5.85. The van der Waals surface area contributed by atoms with Crippen molar-refractivity contribution in [3.8, 4) is 11.6 Å². The number of nitrogens with zero attached hydrogens (tertiary/aromatic N) is 1. The number of halogens is 2. The molecule has 20 heavy (non-hydrogen) atoms. The quantitative estimate of drug-likeness (QED) is 0.871. The van der Waals surface area contributed by atoms with E-state index in [1.54, 1.807) is 6.07 Å². The highest BCUT2D eigenvalue weighted by Gasteiger charge is 2.06. The van der Waals surface area contributed by atoms with Crippen molar-refractivity contribution in [3.05, 3.63) is 59.8 Å². The van der Waals surface area contributed by atoms with Crippen LogP contribution in [0, 0.1) is 11.6 Å². The number of benzene rings is 1. The Balaban J connectivity index is 2.12. The van der Waals surface area contributed by atoms with Gasteiger partial charge in [0, 0.05) is 24.4 Å². The van der Waals surface area contributed by atoms with E-state index in [2.05, 4.69) is 4.98 Å². The van der Waals surface area contributed by atoms with Crippen molar-refractivity contribution in [2.45, 2.75) is 0 Å². The van der Waals surface area contributed by atoms with Crippen molar-refractivity contribution >= 4 is 12.0 Å². The SMILES string of the molecule is O=C(O)/C=C/c1ccc(Oc2ccc(F)cc2F)nc1. The molecule has 0 amide bonds. The Hall–Kier alpha value is -2.76. The first-order chi connectivity index (χ1) is 9.54. The standard InChI is InChI=1S/C14H9F2NO3/c15-10-3-4-12(11(16)7-10)20-13-5-1-9(8-17-13)2-6-14(18)19/h1-8H,(H,18,19)/b6-2+. The summed E-state index contributed by atoms with van der Waals surface area (Å²) in [6.45, 7) is 0. The number of carbonyl (C=O) groups is 1. The van der Waals surface area contributed by atoms with Crippen LogP contribution in [0.3, 0.4) is 0 Å². The van der Waals surface area contributed by atoms with Crippen LogP contribution in [0.15, 0.2) is 42.6 Å². The summed E-state index contributed by atoms with van der Waals surface area (Å²) in [6, 6.07) is 5.94. The highest BCUT2D eigenvalue weighted by atomic mass is 19.1. The second-order valence-electron chi connectivity index (χ2n) is 3.78. The lowest BCUT2D eigenvalue weighted by Crippen LogP contribution is -1.92. The van der Waals surface area contributed by atoms with Crippen LogP contribution in [0.25, 0.3) is 6.08 Å². The Morgan fingerprint density at radius 1 is 1.25 bits per heavy atom. The fourth-order valence-corrected chi connectivity index (χ4v) is 1.39. The molecular formula is C14H9F2NO3. The number of hydrogen-bond donors (Lipinski definition) is 1. The molecule has 0 aliphatic rings. The minimum Gasteiger partial charge on any atom is -0.478 e. The number of hydrogen-bond acceptors (Lipinski definition) is 3. The number of pyridine rings is 1. The van der Waals surface area contributed by atoms with Crippen molar-refractivity contribution in [3.63, 3.8) is 0 Å². The predicted octanol–water partition coefficient (Wildman–Crippen LogP) is 3.25. The zero-order chi connectivity index (χ0) is 14.5. The molecule has 0 spiro atoms. The average molecular weight is 277 g/mol. The second-order valence-corrected chi connectivity index (χ2v) is 3.78. The van der Waals surface area contributed by atoms with E-state index in [0.29, 0.717) is 11.6 Å². The van der Waals surface area contributed by atoms with Crippen LogP contribution in [-0.2, 0) is 4.79 Å². The molecule has 1 heterocycles. The van der Waals surface area contributed by atoms with E-state index in [0.717, 1.165) is 18.2 Å². The Kier molecular flexibility index (Phi) is 4.05. The van der Waals surface area contributed by atoms with Crippen LogP contribution in [-0.4, -0.2) is 16.1 Å². The number of aliphatic carboxylic acids is 1. The predicted molar refractivity (Wildman–Crippen MR) is 67.3 cm³/mol. The number of ether oxygens (including phenoxy) is 1. The highest BCUT2D eigenvalue weighted by Crippen LogP contribution is 2.23. The molecule has 0 fully saturated rings. The van der Waals surface area contributed by atoms with Crippen LogP contribution in [0.4, 0.5) is 8.78 Å². The molecule has 0 saturated carbocycles. The number of carboxylic acids is 1. The third kappa shape index (κ3) is 3.61. The molecule has 1 aromatic heterocycles. The molecule has 6 heteroatoms. The van der Waals surface area contributed by atoms with E-state index in [4.69, 9.17) is 9.84 Å². The van der Waals surface area contributed by atoms with Gasteiger partial charge >= 0.3 is 5.97 Å². The molecule has 0 atom stereocenters. The molecule has 102 valence electrons. The zero-order valence-electron chi connectivity index (χ0n) is 10.1. The third-order valence-corrected chi connectivity index (χ3v) is 2.29. The van der Waals surface area contributed by atoms with Gasteiger partial charge in [0.25, 0.3) is 0 Å². The fraction of sp³-hybridized carbons (Fsp3) is 0. The summed E-state index contributed by atoms with van der Waals surface area (Å²) in [6.07, 6.45) is 3.70. The molecule has 0 aliphatic carbocycles. The van der Waals surface area contributed by atoms with Crippen LogP contribution in [0.1, 0.15) is 5.56 Å². The first-order valence-corrected chi connectivity index (χ1v) is 5.54. The summed E-state index contributed by atoms with van der Waals surface area (Å²) < 4.78 is 31.2. The Morgan fingerprint density at radius 3 is 2.65 bits per heavy atom. The fourth-order valence-electron chi connectivity index (χ4n) is 1.39. The van der Waals surface area contributed by atoms with Gasteiger partial charge in [0.1, 0.15) is 5.82 Å². The molecule has 1 aromatic carbocycles. The first-order valence-electron chi connectivity index (χ1n) is 5.54. The zero-order valence-corrected chi connectivity index (χ0v) is 10.1. The molecule has 0 aliphatic heterocycles. The van der Waals surface area contributed by atoms with Gasteiger partial charge in [-0.1, -0.05) is 0 Å². The van der Waals surface area contributed by atoms with Gasteiger partial charge in [-0.3, -0.25) is 0 Å². The van der Waals surface area contributed by atoms with E-state index >= 15 is 0 Å². The minimum atomic E-state index is -1.07. The molecule has 0 bridgehead atoms. The molecular weight excluding hydrogens is 268 g/mol. The van der Waals surface area contributed by atoms with Crippen molar-refractivity contribution in [1.29, 1.82) is 0 Å². The van der Waals surface area contributed by atoms with Gasteiger partial charge in [-0.15, -0.1) is 0 Å². The Bertz CT molecular complexity index is 654. The summed E-state index contributed by atoms with van der Waals surface area (Å²) in [5.74, 6) is -2.63. The van der Waals surface area contributed by atoms with Crippen molar-refractivity contribution in [2.75, 3.05) is 0 Å². The van der Waals surface area contributed by atoms with E-state index in [-0.39, 0.29) is 11.6 Å². The maximum Gasteiger partial charge on any atom is 0.328 e. The smallest absolute Gasteiger partial charge is 0.328 e. The third-order valence-electron chi connectivity index (χ3n) is 2.29. The van der Waals surface area contributed by atoms with Gasteiger partial charge < -0.3 is 9.84 Å². The van der Waals surface area contributed by atoms with E-state index in [9.17, 15) is 13.6 Å². The van der Waals surface area contributed by atoms with Crippen molar-refractivity contribution in [1.82, 2.24) is 4.98 Å². The van der Waals surface area contributed by atoms with Gasteiger partial charge in [-0.25, -0.2) is 18.6 Å². The monoisotopic (exact) mass is 277 g/mol. The van der Waals surface area contributed by atoms with Crippen LogP contribution >= 0.6 is 0 Å². The molecule has 0 radical (unpaired) electrons. The molecule has 2 aromatic rings. The summed E-state index contributed by atoms with van der Waals surface area (Å²) in [7, 11) is 0. The largest absolute Gasteiger partial charge is 0.478 e. The normalized spacial score (nSPS) is 10.7. The molecule has 1 N–H and O–H groups in total. The van der Waals surface area contributed by atoms with E-state index in [1.165, 1.54) is 18.3 Å². The lowest BCUT2D eigenvalue weighted by atomic mass is 10.2. The summed E-state index contributed by atoms with van der Waals surface area (Å²) in [5.41, 5.74) is 0.555. The molecule has 4 nitrogen and oxygen atoms in total. The number of carboxylic acid groups (broad SMARTS) is 1. The summed E-state index contributed by atoms with van der Waals surface area (Å²) >= 11 is 0. The topological polar surface area (TPSA) is 59.4 Å². The van der Waals surface area contributed by atoms with Gasteiger partial charge in [-0.05, 0) is 29.8 Å². The molecule has 0 saturated heterocycles. The van der Waals surface area contributed by atoms with Gasteiger partial charge in [0.05, 0.1) is 0 Å². The number of rotatable bonds is 4.